The molecular formula is C23H30F3N6O5P. The zero-order chi connectivity index (χ0) is 28.3. The first-order valence-corrected chi connectivity index (χ1v) is 13.4. The number of esters is 1. The molecule has 0 fully saturated rings. The van der Waals surface area contributed by atoms with Crippen molar-refractivity contribution in [3.63, 3.8) is 0 Å². The molecule has 1 aromatic carbocycles. The SMILES string of the molecule is CC(C)OC(=O)C(C)(C)NP(=O)(CO[C@H](C)Cn1cnc2c(N)ncnc21)Oc1ccc(C(F)(F)F)cc1. The number of alkyl halides is 3. The molecule has 15 heteroatoms. The summed E-state index contributed by atoms with van der Waals surface area (Å²) >= 11 is 0. The van der Waals surface area contributed by atoms with E-state index >= 15 is 0 Å². The number of fused-ring (bicyclic) bond motifs is 1. The van der Waals surface area contributed by atoms with E-state index in [1.165, 1.54) is 26.5 Å². The van der Waals surface area contributed by atoms with Gasteiger partial charge in [0.1, 0.15) is 29.5 Å². The maximum Gasteiger partial charge on any atom is 0.416 e. The number of hydrogen-bond donors (Lipinski definition) is 2. The second-order valence-electron chi connectivity index (χ2n) is 9.41. The van der Waals surface area contributed by atoms with Crippen molar-refractivity contribution >= 4 is 30.5 Å². The molecule has 2 heterocycles. The lowest BCUT2D eigenvalue weighted by molar-refractivity contribution is -0.153. The Morgan fingerprint density at radius 2 is 1.79 bits per heavy atom. The smallest absolute Gasteiger partial charge is 0.416 e. The van der Waals surface area contributed by atoms with Crippen molar-refractivity contribution < 1.29 is 36.5 Å². The maximum absolute atomic E-state index is 13.9. The number of rotatable bonds is 11. The van der Waals surface area contributed by atoms with Crippen LogP contribution in [0.2, 0.25) is 0 Å². The third-order valence-electron chi connectivity index (χ3n) is 5.15. The van der Waals surface area contributed by atoms with Gasteiger partial charge < -0.3 is 24.3 Å². The van der Waals surface area contributed by atoms with Crippen LogP contribution < -0.4 is 15.3 Å². The summed E-state index contributed by atoms with van der Waals surface area (Å²) in [5, 5.41) is 2.67. The number of benzene rings is 1. The fourth-order valence-electron chi connectivity index (χ4n) is 3.38. The van der Waals surface area contributed by atoms with Crippen LogP contribution in [0.15, 0.2) is 36.9 Å². The van der Waals surface area contributed by atoms with Gasteiger partial charge in [-0.15, -0.1) is 0 Å². The number of imidazole rings is 1. The van der Waals surface area contributed by atoms with E-state index < -0.39 is 49.3 Å². The van der Waals surface area contributed by atoms with Gasteiger partial charge in [0.25, 0.3) is 0 Å². The summed E-state index contributed by atoms with van der Waals surface area (Å²) in [6, 6.07) is 3.70. The van der Waals surface area contributed by atoms with Gasteiger partial charge in [-0.1, -0.05) is 0 Å². The van der Waals surface area contributed by atoms with Crippen LogP contribution in [0.1, 0.15) is 40.2 Å². The lowest BCUT2D eigenvalue weighted by Crippen LogP contribution is -2.48. The Kier molecular flexibility index (Phi) is 8.69. The van der Waals surface area contributed by atoms with Crippen LogP contribution in [0.3, 0.4) is 0 Å². The van der Waals surface area contributed by atoms with Crippen molar-refractivity contribution in [1.82, 2.24) is 24.6 Å². The van der Waals surface area contributed by atoms with Crippen LogP contribution in [-0.2, 0) is 31.6 Å². The van der Waals surface area contributed by atoms with Crippen LogP contribution in [0.25, 0.3) is 11.2 Å². The monoisotopic (exact) mass is 558 g/mol. The lowest BCUT2D eigenvalue weighted by Gasteiger charge is -2.31. The average molecular weight is 558 g/mol. The molecule has 208 valence electrons. The van der Waals surface area contributed by atoms with Crippen molar-refractivity contribution in [1.29, 1.82) is 0 Å². The van der Waals surface area contributed by atoms with E-state index in [4.69, 9.17) is 19.7 Å². The zero-order valence-electron chi connectivity index (χ0n) is 21.5. The summed E-state index contributed by atoms with van der Waals surface area (Å²) in [5.41, 5.74) is 4.34. The largest absolute Gasteiger partial charge is 0.462 e. The van der Waals surface area contributed by atoms with Crippen LogP contribution in [0, 0.1) is 0 Å². The normalized spacial score (nSPS) is 14.9. The van der Waals surface area contributed by atoms with Gasteiger partial charge >= 0.3 is 19.7 Å². The maximum atomic E-state index is 13.9. The highest BCUT2D eigenvalue weighted by molar-refractivity contribution is 7.57. The second-order valence-corrected chi connectivity index (χ2v) is 11.4. The Morgan fingerprint density at radius 3 is 2.39 bits per heavy atom. The molecule has 11 nitrogen and oxygen atoms in total. The number of carbonyl (C=O) groups excluding carboxylic acids is 1. The first-order valence-electron chi connectivity index (χ1n) is 11.6. The second kappa shape index (κ2) is 11.3. The number of anilines is 1. The molecule has 0 bridgehead atoms. The minimum absolute atomic E-state index is 0.106. The first kappa shape index (κ1) is 29.3. The number of hydrogen-bond acceptors (Lipinski definition) is 9. The molecule has 3 N–H and O–H groups in total. The lowest BCUT2D eigenvalue weighted by atomic mass is 10.1. The van der Waals surface area contributed by atoms with Crippen molar-refractivity contribution in [2.45, 2.75) is 65.1 Å². The minimum atomic E-state index is -4.55. The summed E-state index contributed by atoms with van der Waals surface area (Å²) < 4.78 is 71.1. The molecule has 0 saturated heterocycles. The van der Waals surface area contributed by atoms with E-state index in [1.54, 1.807) is 25.3 Å². The van der Waals surface area contributed by atoms with E-state index in [9.17, 15) is 22.5 Å². The Bertz CT molecular complexity index is 1310. The van der Waals surface area contributed by atoms with Crippen molar-refractivity contribution in [3.8, 4) is 5.75 Å². The molecule has 2 atom stereocenters. The number of carbonyl (C=O) groups is 1. The van der Waals surface area contributed by atoms with Gasteiger partial charge in [-0.05, 0) is 58.9 Å². The molecular weight excluding hydrogens is 528 g/mol. The topological polar surface area (TPSA) is 143 Å². The van der Waals surface area contributed by atoms with E-state index in [0.29, 0.717) is 11.2 Å². The van der Waals surface area contributed by atoms with Gasteiger partial charge in [0.2, 0.25) is 0 Å². The number of halogens is 3. The van der Waals surface area contributed by atoms with E-state index in [-0.39, 0.29) is 18.1 Å². The molecule has 0 radical (unpaired) electrons. The highest BCUT2D eigenvalue weighted by Crippen LogP contribution is 2.46. The highest BCUT2D eigenvalue weighted by atomic mass is 31.2. The first-order chi connectivity index (χ1) is 17.6. The molecule has 3 aromatic rings. The van der Waals surface area contributed by atoms with E-state index in [1.807, 2.05) is 0 Å². The third kappa shape index (κ3) is 7.42. The molecule has 0 amide bonds. The van der Waals surface area contributed by atoms with Gasteiger partial charge in [-0.25, -0.2) is 20.0 Å². The molecule has 0 aliphatic heterocycles. The Balaban J connectivity index is 1.79. The molecule has 0 aliphatic rings. The Hall–Kier alpha value is -3.22. The molecule has 0 spiro atoms. The third-order valence-corrected chi connectivity index (χ3v) is 7.04. The quantitative estimate of drug-likeness (QED) is 0.257. The van der Waals surface area contributed by atoms with Gasteiger partial charge in [-0.3, -0.25) is 9.36 Å². The average Bonchev–Trinajstić information content (AvgIpc) is 3.21. The predicted octanol–water partition coefficient (Wildman–Crippen LogP) is 4.38. The standard InChI is InChI=1S/C23H30F3N6O5P/c1-14(2)36-21(33)22(4,5)31-38(34,37-17-8-6-16(7-9-17)23(24,25)26)13-35-15(3)10-32-12-30-18-19(27)28-11-29-20(18)32/h6-9,11-12,14-15H,10,13H2,1-5H3,(H,31,34)(H2,27,28,29)/t15-,38?/m1/s1. The minimum Gasteiger partial charge on any atom is -0.462 e. The summed E-state index contributed by atoms with van der Waals surface area (Å²) in [5.74, 6) is -0.582. The van der Waals surface area contributed by atoms with Crippen LogP contribution in [0.5, 0.6) is 5.75 Å². The summed E-state index contributed by atoms with van der Waals surface area (Å²) in [6.07, 6.45) is -3.24. The number of aromatic nitrogens is 4. The summed E-state index contributed by atoms with van der Waals surface area (Å²) in [6.45, 7) is 8.17. The van der Waals surface area contributed by atoms with Crippen LogP contribution in [0.4, 0.5) is 19.0 Å². The highest BCUT2D eigenvalue weighted by Gasteiger charge is 2.40. The molecule has 3 rings (SSSR count). The number of nitrogens with two attached hydrogens (primary N) is 1. The number of nitrogens with zero attached hydrogens (tertiary/aromatic N) is 4. The summed E-state index contributed by atoms with van der Waals surface area (Å²) in [7, 11) is -4.04. The van der Waals surface area contributed by atoms with Gasteiger partial charge in [0, 0.05) is 0 Å². The molecule has 38 heavy (non-hydrogen) atoms. The summed E-state index contributed by atoms with van der Waals surface area (Å²) in [4.78, 5) is 24.8. The molecule has 0 aliphatic carbocycles. The predicted molar refractivity (Wildman–Crippen MR) is 133 cm³/mol. The van der Waals surface area contributed by atoms with Crippen molar-refractivity contribution in [3.05, 3.63) is 42.5 Å². The zero-order valence-corrected chi connectivity index (χ0v) is 22.4. The van der Waals surface area contributed by atoms with Crippen LogP contribution >= 0.6 is 7.52 Å². The fourth-order valence-corrected chi connectivity index (χ4v) is 5.40. The number of nitrogens with one attached hydrogen (secondary N) is 1. The number of ether oxygens (including phenoxy) is 2. The van der Waals surface area contributed by atoms with Gasteiger partial charge in [0.05, 0.1) is 30.6 Å². The molecule has 0 saturated carbocycles. The van der Waals surface area contributed by atoms with Crippen molar-refractivity contribution in [2.24, 2.45) is 0 Å². The van der Waals surface area contributed by atoms with E-state index in [2.05, 4.69) is 20.0 Å². The van der Waals surface area contributed by atoms with Gasteiger partial charge in [-0.2, -0.15) is 13.2 Å². The Morgan fingerprint density at radius 1 is 1.13 bits per heavy atom. The van der Waals surface area contributed by atoms with Gasteiger partial charge in [0.15, 0.2) is 11.5 Å². The molecule has 2 aromatic heterocycles. The number of nitrogen functional groups attached to an aromatic ring is 1. The molecule has 1 unspecified atom stereocenters. The Labute approximate surface area is 217 Å². The fraction of sp³-hybridized carbons (Fsp3) is 0.478. The van der Waals surface area contributed by atoms with E-state index in [0.717, 1.165) is 24.3 Å². The van der Waals surface area contributed by atoms with Crippen LogP contribution in [-0.4, -0.2) is 49.6 Å². The van der Waals surface area contributed by atoms with Crippen molar-refractivity contribution in [2.75, 3.05) is 12.1 Å².